The third-order valence-corrected chi connectivity index (χ3v) is 6.61. The number of halogens is 3. The summed E-state index contributed by atoms with van der Waals surface area (Å²) in [7, 11) is 0. The molecule has 4 N–H and O–H groups in total. The number of aliphatic hydroxyl groups excluding tert-OH is 1. The lowest BCUT2D eigenvalue weighted by molar-refractivity contribution is -0.137. The van der Waals surface area contributed by atoms with Gasteiger partial charge < -0.3 is 30.1 Å². The van der Waals surface area contributed by atoms with Crippen LogP contribution in [0.3, 0.4) is 0 Å². The molecule has 37 heavy (non-hydrogen) atoms. The molecule has 3 aromatic rings. The molecule has 0 amide bonds. The summed E-state index contributed by atoms with van der Waals surface area (Å²) in [5.74, 6) is -0.503. The second kappa shape index (κ2) is 10.8. The Bertz CT molecular complexity index is 1170. The molecular weight excluding hydrogens is 489 g/mol. The highest BCUT2D eigenvalue weighted by molar-refractivity contribution is 5.83. The Labute approximate surface area is 213 Å². The zero-order valence-electron chi connectivity index (χ0n) is 20.9. The third-order valence-electron chi connectivity index (χ3n) is 6.61. The van der Waals surface area contributed by atoms with Crippen molar-refractivity contribution in [2.24, 2.45) is 5.92 Å². The molecule has 2 fully saturated rings. The minimum absolute atomic E-state index is 0.103. The van der Waals surface area contributed by atoms with Crippen molar-refractivity contribution in [3.8, 4) is 0 Å². The maximum Gasteiger partial charge on any atom is 0.416 e. The number of fused-ring (bicyclic) bond motifs is 1. The van der Waals surface area contributed by atoms with Crippen molar-refractivity contribution in [2.45, 2.75) is 63.6 Å². The van der Waals surface area contributed by atoms with Crippen LogP contribution in [-0.2, 0) is 6.18 Å². The van der Waals surface area contributed by atoms with E-state index in [0.717, 1.165) is 55.7 Å². The van der Waals surface area contributed by atoms with Gasteiger partial charge in [0, 0.05) is 37.5 Å². The molecule has 2 unspecified atom stereocenters. The number of aliphatic hydroxyl groups is 3. The molecule has 0 bridgehead atoms. The van der Waals surface area contributed by atoms with Gasteiger partial charge in [-0.05, 0) is 69.7 Å². The number of imidazole rings is 1. The maximum atomic E-state index is 12.8. The summed E-state index contributed by atoms with van der Waals surface area (Å²) in [5.41, 5.74) is 1.64. The molecule has 0 spiro atoms. The van der Waals surface area contributed by atoms with Crippen molar-refractivity contribution in [2.75, 3.05) is 29.9 Å². The molecule has 3 heterocycles. The van der Waals surface area contributed by atoms with E-state index in [4.69, 9.17) is 10.2 Å². The number of anilines is 2. The van der Waals surface area contributed by atoms with Crippen LogP contribution in [0.25, 0.3) is 11.2 Å². The van der Waals surface area contributed by atoms with Crippen LogP contribution in [0.5, 0.6) is 0 Å². The molecule has 2 aromatic heterocycles. The highest BCUT2D eigenvalue weighted by atomic mass is 19.4. The highest BCUT2D eigenvalue weighted by Crippen LogP contribution is 2.36. The van der Waals surface area contributed by atoms with E-state index in [-0.39, 0.29) is 18.7 Å². The van der Waals surface area contributed by atoms with Crippen LogP contribution in [0.2, 0.25) is 0 Å². The van der Waals surface area contributed by atoms with Crippen LogP contribution in [0.4, 0.5) is 24.7 Å². The van der Waals surface area contributed by atoms with Gasteiger partial charge in [-0.1, -0.05) is 0 Å². The van der Waals surface area contributed by atoms with E-state index in [0.29, 0.717) is 23.8 Å². The van der Waals surface area contributed by atoms with Crippen molar-refractivity contribution in [1.82, 2.24) is 19.5 Å². The van der Waals surface area contributed by atoms with Gasteiger partial charge in [-0.3, -0.25) is 0 Å². The quantitative estimate of drug-likeness (QED) is 0.376. The standard InChI is InChI=1S/C22H25F3N6O.C3H8O2/c23-22(24,25)15-2-5-17(6-3-15)30-8-7-16(10-30)29-20-19-21(27-12-26-20)31(13-28-19)18-4-1-14(9-18)11-32;1-3(2,4)5/h2-3,5-6,12-14,16,18,32H,1,4,7-11H2,(H,26,27,29);4-5H,1-2H3/t14?,16-,18?;/m0./s1. The summed E-state index contributed by atoms with van der Waals surface area (Å²) in [6, 6.07) is 5.68. The summed E-state index contributed by atoms with van der Waals surface area (Å²) in [6.45, 7) is 4.22. The lowest BCUT2D eigenvalue weighted by Gasteiger charge is -2.20. The molecule has 1 aliphatic heterocycles. The molecule has 1 aromatic carbocycles. The smallest absolute Gasteiger partial charge is 0.396 e. The van der Waals surface area contributed by atoms with Crippen molar-refractivity contribution >= 4 is 22.7 Å². The predicted octanol–water partition coefficient (Wildman–Crippen LogP) is 3.58. The molecule has 5 rings (SSSR count). The normalized spacial score (nSPS) is 22.3. The zero-order valence-corrected chi connectivity index (χ0v) is 20.9. The summed E-state index contributed by atoms with van der Waals surface area (Å²) in [6.07, 6.45) is 2.76. The summed E-state index contributed by atoms with van der Waals surface area (Å²) < 4.78 is 40.5. The summed E-state index contributed by atoms with van der Waals surface area (Å²) in [5, 5.41) is 29.0. The molecule has 12 heteroatoms. The first-order valence-corrected chi connectivity index (χ1v) is 12.3. The second-order valence-corrected chi connectivity index (χ2v) is 10.2. The molecule has 3 atom stereocenters. The zero-order chi connectivity index (χ0) is 26.8. The van der Waals surface area contributed by atoms with Crippen molar-refractivity contribution in [3.63, 3.8) is 0 Å². The van der Waals surface area contributed by atoms with E-state index >= 15 is 0 Å². The lowest BCUT2D eigenvalue weighted by atomic mass is 10.1. The molecule has 1 saturated heterocycles. The van der Waals surface area contributed by atoms with Gasteiger partial charge >= 0.3 is 6.18 Å². The van der Waals surface area contributed by atoms with Gasteiger partial charge in [0.2, 0.25) is 0 Å². The van der Waals surface area contributed by atoms with Gasteiger partial charge in [-0.25, -0.2) is 15.0 Å². The highest BCUT2D eigenvalue weighted by Gasteiger charge is 2.31. The predicted molar refractivity (Wildman–Crippen MR) is 133 cm³/mol. The van der Waals surface area contributed by atoms with Gasteiger partial charge in [0.1, 0.15) is 11.8 Å². The molecule has 1 saturated carbocycles. The van der Waals surface area contributed by atoms with Gasteiger partial charge in [0.15, 0.2) is 17.3 Å². The van der Waals surface area contributed by atoms with Crippen LogP contribution in [-0.4, -0.2) is 66.4 Å². The first-order chi connectivity index (χ1) is 17.4. The number of nitrogens with one attached hydrogen (secondary N) is 1. The molecule has 9 nitrogen and oxygen atoms in total. The van der Waals surface area contributed by atoms with E-state index in [1.54, 1.807) is 6.33 Å². The van der Waals surface area contributed by atoms with Gasteiger partial charge in [0.25, 0.3) is 0 Å². The van der Waals surface area contributed by atoms with Crippen LogP contribution in [0, 0.1) is 5.92 Å². The average molecular weight is 523 g/mol. The van der Waals surface area contributed by atoms with Crippen molar-refractivity contribution in [1.29, 1.82) is 0 Å². The Morgan fingerprint density at radius 1 is 1.03 bits per heavy atom. The summed E-state index contributed by atoms with van der Waals surface area (Å²) >= 11 is 0. The Morgan fingerprint density at radius 3 is 2.35 bits per heavy atom. The number of benzene rings is 1. The van der Waals surface area contributed by atoms with Crippen LogP contribution in [0.1, 0.15) is 51.1 Å². The first-order valence-electron chi connectivity index (χ1n) is 12.3. The molecule has 2 aliphatic rings. The number of aromatic nitrogens is 4. The van der Waals surface area contributed by atoms with Crippen LogP contribution >= 0.6 is 0 Å². The van der Waals surface area contributed by atoms with Crippen LogP contribution < -0.4 is 10.2 Å². The van der Waals surface area contributed by atoms with Gasteiger partial charge in [0.05, 0.1) is 11.9 Å². The first kappa shape index (κ1) is 27.1. The van der Waals surface area contributed by atoms with E-state index in [1.165, 1.54) is 32.3 Å². The fraction of sp³-hybridized carbons (Fsp3) is 0.560. The number of rotatable bonds is 5. The fourth-order valence-electron chi connectivity index (χ4n) is 4.86. The van der Waals surface area contributed by atoms with E-state index in [1.807, 2.05) is 0 Å². The fourth-order valence-corrected chi connectivity index (χ4v) is 4.86. The minimum atomic E-state index is -4.33. The van der Waals surface area contributed by atoms with Gasteiger partial charge in [-0.15, -0.1) is 0 Å². The molecule has 1 aliphatic carbocycles. The van der Waals surface area contributed by atoms with E-state index < -0.39 is 17.5 Å². The number of alkyl halides is 3. The Balaban J connectivity index is 0.000000586. The third kappa shape index (κ3) is 6.88. The SMILES string of the molecule is CC(C)(O)O.OCC1CCC(n2cnc3c(N[C@H]4CCN(c5ccc(C(F)(F)F)cc5)C4)ncnc32)C1. The Kier molecular flexibility index (Phi) is 7.91. The number of hydrogen-bond donors (Lipinski definition) is 4. The second-order valence-electron chi connectivity index (χ2n) is 10.2. The summed E-state index contributed by atoms with van der Waals surface area (Å²) in [4.78, 5) is 15.5. The monoisotopic (exact) mass is 522 g/mol. The number of hydrogen-bond acceptors (Lipinski definition) is 8. The Morgan fingerprint density at radius 2 is 1.73 bits per heavy atom. The topological polar surface area (TPSA) is 120 Å². The lowest BCUT2D eigenvalue weighted by Crippen LogP contribution is -2.26. The molecular formula is C25H33F3N6O3. The minimum Gasteiger partial charge on any atom is -0.396 e. The molecule has 202 valence electrons. The van der Waals surface area contributed by atoms with E-state index in [2.05, 4.69) is 29.7 Å². The maximum absolute atomic E-state index is 12.8. The molecule has 0 radical (unpaired) electrons. The van der Waals surface area contributed by atoms with Crippen molar-refractivity contribution in [3.05, 3.63) is 42.5 Å². The Hall–Kier alpha value is -2.96. The van der Waals surface area contributed by atoms with Crippen molar-refractivity contribution < 1.29 is 28.5 Å². The number of nitrogens with zero attached hydrogens (tertiary/aromatic N) is 5. The van der Waals surface area contributed by atoms with Gasteiger partial charge in [-0.2, -0.15) is 13.2 Å². The largest absolute Gasteiger partial charge is 0.416 e. The average Bonchev–Trinajstić information content (AvgIpc) is 3.57. The van der Waals surface area contributed by atoms with E-state index in [9.17, 15) is 18.3 Å². The van der Waals surface area contributed by atoms with Crippen LogP contribution in [0.15, 0.2) is 36.9 Å².